The van der Waals surface area contributed by atoms with Crippen LogP contribution in [-0.4, -0.2) is 24.1 Å². The van der Waals surface area contributed by atoms with Gasteiger partial charge in [0.15, 0.2) is 0 Å². The average Bonchev–Trinajstić information content (AvgIpc) is 2.75. The lowest BCUT2D eigenvalue weighted by Gasteiger charge is -2.16. The normalized spacial score (nSPS) is 22.6. The Morgan fingerprint density at radius 2 is 2.25 bits per heavy atom. The molecule has 0 aromatic carbocycles. The highest BCUT2D eigenvalue weighted by Crippen LogP contribution is 2.24. The molecule has 4 heteroatoms. The minimum Gasteiger partial charge on any atom is -0.492 e. The van der Waals surface area contributed by atoms with Gasteiger partial charge in [-0.1, -0.05) is 6.92 Å². The average molecular weight is 217 g/mol. The van der Waals surface area contributed by atoms with E-state index >= 15 is 0 Å². The summed E-state index contributed by atoms with van der Waals surface area (Å²) in [6.07, 6.45) is 6.08. The van der Waals surface area contributed by atoms with E-state index in [0.29, 0.717) is 0 Å². The van der Waals surface area contributed by atoms with Crippen LogP contribution in [0.5, 0.6) is 5.75 Å². The topological polar surface area (TPSA) is 46.8 Å². The van der Waals surface area contributed by atoms with Crippen LogP contribution in [0.3, 0.4) is 0 Å². The van der Waals surface area contributed by atoms with Crippen LogP contribution in [0.25, 0.3) is 0 Å². The summed E-state index contributed by atoms with van der Waals surface area (Å²) in [5, 5.41) is 0. The van der Waals surface area contributed by atoms with Crippen molar-refractivity contribution in [3.63, 3.8) is 0 Å². The molecule has 0 fully saturated rings. The van der Waals surface area contributed by atoms with Crippen molar-refractivity contribution < 1.29 is 4.74 Å². The molecule has 1 aliphatic rings. The molecule has 1 atom stereocenters. The first-order chi connectivity index (χ1) is 7.74. The molecule has 16 heavy (non-hydrogen) atoms. The van der Waals surface area contributed by atoms with Gasteiger partial charge in [-0.3, -0.25) is 9.98 Å². The fourth-order valence-electron chi connectivity index (χ4n) is 1.48. The van der Waals surface area contributed by atoms with E-state index < -0.39 is 5.54 Å². The van der Waals surface area contributed by atoms with Crippen LogP contribution in [0.4, 0.5) is 0 Å². The number of ether oxygens (including phenoxy) is 1. The largest absolute Gasteiger partial charge is 0.492 e. The fraction of sp³-hybridized carbons (Fsp3) is 0.417. The molecule has 1 unspecified atom stereocenters. The number of nitrogens with zero attached hydrogens (tertiary/aromatic N) is 3. The Bertz CT molecular complexity index is 397. The van der Waals surface area contributed by atoms with Gasteiger partial charge in [-0.25, -0.2) is 4.99 Å². The zero-order chi connectivity index (χ0) is 11.4. The van der Waals surface area contributed by atoms with Crippen LogP contribution in [0.15, 0.2) is 28.3 Å². The van der Waals surface area contributed by atoms with Crippen LogP contribution in [0.1, 0.15) is 26.0 Å². The first-order valence-corrected chi connectivity index (χ1v) is 5.42. The molecule has 0 N–H and O–H groups in total. The third-order valence-electron chi connectivity index (χ3n) is 2.45. The van der Waals surface area contributed by atoms with E-state index in [2.05, 4.69) is 21.9 Å². The van der Waals surface area contributed by atoms with Gasteiger partial charge in [0, 0.05) is 6.21 Å². The molecule has 84 valence electrons. The predicted octanol–water partition coefficient (Wildman–Crippen LogP) is 2.20. The van der Waals surface area contributed by atoms with Crippen molar-refractivity contribution in [2.45, 2.75) is 25.8 Å². The van der Waals surface area contributed by atoms with Crippen molar-refractivity contribution in [1.82, 2.24) is 4.98 Å². The third-order valence-corrected chi connectivity index (χ3v) is 2.45. The van der Waals surface area contributed by atoms with Crippen LogP contribution < -0.4 is 4.74 Å². The van der Waals surface area contributed by atoms with E-state index in [-0.39, 0.29) is 0 Å². The SMILES string of the molecule is CCCOc1ccc(C2(C)C=NC=N2)nc1. The molecule has 2 rings (SSSR count). The second kappa shape index (κ2) is 4.43. The first kappa shape index (κ1) is 10.8. The van der Waals surface area contributed by atoms with E-state index in [9.17, 15) is 0 Å². The molecule has 0 amide bonds. The Kier molecular flexibility index (Phi) is 2.99. The first-order valence-electron chi connectivity index (χ1n) is 5.42. The van der Waals surface area contributed by atoms with Gasteiger partial charge in [0.2, 0.25) is 0 Å². The van der Waals surface area contributed by atoms with E-state index in [4.69, 9.17) is 4.74 Å². The molecule has 0 aliphatic carbocycles. The highest BCUT2D eigenvalue weighted by atomic mass is 16.5. The van der Waals surface area contributed by atoms with Crippen LogP contribution >= 0.6 is 0 Å². The van der Waals surface area contributed by atoms with E-state index in [1.807, 2.05) is 19.1 Å². The van der Waals surface area contributed by atoms with E-state index in [1.165, 1.54) is 0 Å². The molecular weight excluding hydrogens is 202 g/mol. The van der Waals surface area contributed by atoms with Crippen molar-refractivity contribution in [3.8, 4) is 5.75 Å². The Hall–Kier alpha value is -1.71. The predicted molar refractivity (Wildman–Crippen MR) is 64.4 cm³/mol. The molecule has 2 heterocycles. The van der Waals surface area contributed by atoms with E-state index in [0.717, 1.165) is 24.5 Å². The molecule has 1 aliphatic heterocycles. The smallest absolute Gasteiger partial charge is 0.137 e. The summed E-state index contributed by atoms with van der Waals surface area (Å²) in [5.41, 5.74) is 0.470. The second-order valence-electron chi connectivity index (χ2n) is 3.90. The monoisotopic (exact) mass is 217 g/mol. The minimum absolute atomic E-state index is 0.413. The zero-order valence-corrected chi connectivity index (χ0v) is 9.55. The number of rotatable bonds is 4. The maximum absolute atomic E-state index is 5.47. The lowest BCUT2D eigenvalue weighted by atomic mass is 10.0. The Balaban J connectivity index is 2.13. The van der Waals surface area contributed by atoms with Gasteiger partial charge in [0.05, 0.1) is 18.5 Å². The fourth-order valence-corrected chi connectivity index (χ4v) is 1.48. The maximum Gasteiger partial charge on any atom is 0.137 e. The summed E-state index contributed by atoms with van der Waals surface area (Å²) in [5.74, 6) is 0.799. The molecule has 0 spiro atoms. The molecule has 0 radical (unpaired) electrons. The van der Waals surface area contributed by atoms with Gasteiger partial charge in [-0.15, -0.1) is 0 Å². The van der Waals surface area contributed by atoms with Gasteiger partial charge in [0.25, 0.3) is 0 Å². The summed E-state index contributed by atoms with van der Waals surface area (Å²) in [7, 11) is 0. The minimum atomic E-state index is -0.413. The van der Waals surface area contributed by atoms with Gasteiger partial charge in [-0.05, 0) is 25.5 Å². The van der Waals surface area contributed by atoms with Crippen molar-refractivity contribution in [1.29, 1.82) is 0 Å². The van der Waals surface area contributed by atoms with Gasteiger partial charge >= 0.3 is 0 Å². The standard InChI is InChI=1S/C12H15N3O/c1-3-6-16-10-4-5-11(14-7-10)12(2)8-13-9-15-12/h4-5,7-9H,3,6H2,1-2H3. The number of aromatic nitrogens is 1. The number of hydrogen-bond donors (Lipinski definition) is 0. The summed E-state index contributed by atoms with van der Waals surface area (Å²) in [4.78, 5) is 12.6. The van der Waals surface area contributed by atoms with Gasteiger partial charge < -0.3 is 4.74 Å². The number of pyridine rings is 1. The van der Waals surface area contributed by atoms with Crippen LogP contribution in [0, 0.1) is 0 Å². The lowest BCUT2D eigenvalue weighted by molar-refractivity contribution is 0.316. The molecule has 4 nitrogen and oxygen atoms in total. The number of aliphatic imine (C=N–C) groups is 2. The Labute approximate surface area is 95.1 Å². The highest BCUT2D eigenvalue weighted by Gasteiger charge is 2.26. The quantitative estimate of drug-likeness (QED) is 0.776. The molecule has 0 saturated carbocycles. The Morgan fingerprint density at radius 1 is 1.38 bits per heavy atom. The van der Waals surface area contributed by atoms with Crippen LogP contribution in [-0.2, 0) is 5.54 Å². The Morgan fingerprint density at radius 3 is 2.81 bits per heavy atom. The second-order valence-corrected chi connectivity index (χ2v) is 3.90. The molecule has 0 bridgehead atoms. The summed E-state index contributed by atoms with van der Waals surface area (Å²) < 4.78 is 5.47. The lowest BCUT2D eigenvalue weighted by Crippen LogP contribution is -2.19. The van der Waals surface area contributed by atoms with Crippen molar-refractivity contribution in [2.24, 2.45) is 9.98 Å². The van der Waals surface area contributed by atoms with Gasteiger partial charge in [0.1, 0.15) is 17.6 Å². The van der Waals surface area contributed by atoms with Gasteiger partial charge in [-0.2, -0.15) is 0 Å². The highest BCUT2D eigenvalue weighted by molar-refractivity contribution is 5.86. The third kappa shape index (κ3) is 2.10. The molecule has 0 saturated heterocycles. The summed E-state index contributed by atoms with van der Waals surface area (Å²) >= 11 is 0. The van der Waals surface area contributed by atoms with E-state index in [1.54, 1.807) is 18.7 Å². The molecule has 1 aromatic heterocycles. The van der Waals surface area contributed by atoms with Crippen LogP contribution in [0.2, 0.25) is 0 Å². The molecule has 1 aromatic rings. The van der Waals surface area contributed by atoms with Crippen molar-refractivity contribution >= 4 is 12.6 Å². The maximum atomic E-state index is 5.47. The van der Waals surface area contributed by atoms with Crippen molar-refractivity contribution in [3.05, 3.63) is 24.0 Å². The molecular formula is C12H15N3O. The summed E-state index contributed by atoms with van der Waals surface area (Å²) in [6, 6.07) is 3.85. The van der Waals surface area contributed by atoms with Crippen molar-refractivity contribution in [2.75, 3.05) is 6.61 Å². The number of hydrogen-bond acceptors (Lipinski definition) is 4. The summed E-state index contributed by atoms with van der Waals surface area (Å²) in [6.45, 7) is 4.78. The zero-order valence-electron chi connectivity index (χ0n) is 9.55.